The van der Waals surface area contributed by atoms with E-state index in [0.29, 0.717) is 57.9 Å². The number of rotatable bonds is 8. The molecule has 0 saturated carbocycles. The minimum Gasteiger partial charge on any atom is -0.334 e. The molecule has 1 saturated heterocycles. The molecule has 3 amide bonds. The quantitative estimate of drug-likeness (QED) is 0.515. The molecular formula is C28H30F2N4O2. The number of hydrogen-bond donors (Lipinski definition) is 1. The monoisotopic (exact) mass is 492 g/mol. The molecule has 1 aliphatic heterocycles. The summed E-state index contributed by atoms with van der Waals surface area (Å²) in [5.41, 5.74) is 2.27. The van der Waals surface area contributed by atoms with Gasteiger partial charge in [-0.15, -0.1) is 0 Å². The van der Waals surface area contributed by atoms with Crippen LogP contribution < -0.4 is 5.32 Å². The number of nitrogens with one attached hydrogen (secondary N) is 1. The van der Waals surface area contributed by atoms with E-state index in [-0.39, 0.29) is 17.8 Å². The maximum atomic E-state index is 13.4. The van der Waals surface area contributed by atoms with Gasteiger partial charge in [0.05, 0.1) is 0 Å². The smallest absolute Gasteiger partial charge is 0.317 e. The molecule has 188 valence electrons. The van der Waals surface area contributed by atoms with Crippen LogP contribution in [0.2, 0.25) is 0 Å². The summed E-state index contributed by atoms with van der Waals surface area (Å²) in [6.07, 6.45) is 0. The molecule has 0 spiro atoms. The van der Waals surface area contributed by atoms with Gasteiger partial charge in [0, 0.05) is 57.9 Å². The molecule has 0 radical (unpaired) electrons. The second-order valence-electron chi connectivity index (χ2n) is 8.83. The van der Waals surface area contributed by atoms with Crippen molar-refractivity contribution in [3.8, 4) is 0 Å². The zero-order chi connectivity index (χ0) is 25.3. The fourth-order valence-corrected chi connectivity index (χ4v) is 4.16. The summed E-state index contributed by atoms with van der Waals surface area (Å²) in [4.78, 5) is 31.4. The van der Waals surface area contributed by atoms with E-state index in [1.165, 1.54) is 36.4 Å². The molecule has 4 rings (SSSR count). The van der Waals surface area contributed by atoms with Gasteiger partial charge in [0.1, 0.15) is 11.6 Å². The molecule has 3 aromatic carbocycles. The van der Waals surface area contributed by atoms with Crippen molar-refractivity contribution in [2.75, 3.05) is 39.3 Å². The third kappa shape index (κ3) is 7.11. The Labute approximate surface area is 210 Å². The Hall–Kier alpha value is -3.78. The van der Waals surface area contributed by atoms with E-state index >= 15 is 0 Å². The Kier molecular flexibility index (Phi) is 8.62. The number of benzene rings is 3. The van der Waals surface area contributed by atoms with Gasteiger partial charge in [-0.1, -0.05) is 42.5 Å². The number of carbonyl (C=O) groups excluding carboxylic acids is 2. The second-order valence-corrected chi connectivity index (χ2v) is 8.83. The van der Waals surface area contributed by atoms with Crippen LogP contribution in [0.25, 0.3) is 0 Å². The number of urea groups is 1. The van der Waals surface area contributed by atoms with Crippen molar-refractivity contribution in [3.05, 3.63) is 107 Å². The minimum absolute atomic E-state index is 0.0806. The summed E-state index contributed by atoms with van der Waals surface area (Å²) in [6.45, 7) is 4.50. The van der Waals surface area contributed by atoms with Crippen LogP contribution in [0.15, 0.2) is 78.9 Å². The molecule has 36 heavy (non-hydrogen) atoms. The van der Waals surface area contributed by atoms with Gasteiger partial charge < -0.3 is 15.1 Å². The van der Waals surface area contributed by atoms with Gasteiger partial charge in [-0.05, 0) is 47.5 Å². The van der Waals surface area contributed by atoms with Crippen LogP contribution in [0.5, 0.6) is 0 Å². The normalized spacial score (nSPS) is 13.9. The number of hydrogen-bond acceptors (Lipinski definition) is 3. The Morgan fingerprint density at radius 3 is 2.03 bits per heavy atom. The molecular weight excluding hydrogens is 462 g/mol. The number of carbonyl (C=O) groups is 2. The van der Waals surface area contributed by atoms with Gasteiger partial charge in [-0.3, -0.25) is 9.69 Å². The second kappa shape index (κ2) is 12.3. The zero-order valence-corrected chi connectivity index (χ0v) is 20.1. The lowest BCUT2D eigenvalue weighted by Gasteiger charge is -2.36. The number of halogens is 2. The number of nitrogens with zero attached hydrogens (tertiary/aromatic N) is 3. The molecule has 1 heterocycles. The van der Waals surface area contributed by atoms with E-state index in [4.69, 9.17) is 0 Å². The lowest BCUT2D eigenvalue weighted by molar-refractivity contribution is 0.0703. The summed E-state index contributed by atoms with van der Waals surface area (Å²) in [5.74, 6) is -0.943. The molecule has 0 bridgehead atoms. The summed E-state index contributed by atoms with van der Waals surface area (Å²) in [7, 11) is 0. The molecule has 1 aliphatic rings. The van der Waals surface area contributed by atoms with E-state index in [1.54, 1.807) is 21.9 Å². The summed E-state index contributed by atoms with van der Waals surface area (Å²) >= 11 is 0. The van der Waals surface area contributed by atoms with Crippen molar-refractivity contribution in [3.63, 3.8) is 0 Å². The highest BCUT2D eigenvalue weighted by atomic mass is 19.1. The first-order valence-electron chi connectivity index (χ1n) is 12.1. The number of piperazine rings is 1. The topological polar surface area (TPSA) is 55.9 Å². The van der Waals surface area contributed by atoms with Crippen LogP contribution in [-0.2, 0) is 13.1 Å². The van der Waals surface area contributed by atoms with Gasteiger partial charge in [0.25, 0.3) is 5.91 Å². The summed E-state index contributed by atoms with van der Waals surface area (Å²) in [6, 6.07) is 21.3. The Morgan fingerprint density at radius 2 is 1.39 bits per heavy atom. The van der Waals surface area contributed by atoms with E-state index in [1.807, 2.05) is 30.3 Å². The largest absolute Gasteiger partial charge is 0.334 e. The summed E-state index contributed by atoms with van der Waals surface area (Å²) < 4.78 is 26.7. The molecule has 1 fully saturated rings. The molecule has 0 aromatic heterocycles. The molecule has 0 unspecified atom stereocenters. The highest BCUT2D eigenvalue weighted by Crippen LogP contribution is 2.13. The molecule has 0 atom stereocenters. The maximum absolute atomic E-state index is 13.4. The Balaban J connectivity index is 1.30. The van der Waals surface area contributed by atoms with E-state index < -0.39 is 5.82 Å². The van der Waals surface area contributed by atoms with E-state index in [0.717, 1.165) is 11.1 Å². The molecule has 8 heteroatoms. The van der Waals surface area contributed by atoms with Crippen LogP contribution >= 0.6 is 0 Å². The van der Waals surface area contributed by atoms with Crippen molar-refractivity contribution < 1.29 is 18.4 Å². The van der Waals surface area contributed by atoms with Gasteiger partial charge in [0.15, 0.2) is 0 Å². The molecule has 1 N–H and O–H groups in total. The predicted octanol–water partition coefficient (Wildman–Crippen LogP) is 4.13. The molecule has 0 aliphatic carbocycles. The molecule has 3 aromatic rings. The van der Waals surface area contributed by atoms with Gasteiger partial charge >= 0.3 is 6.03 Å². The average molecular weight is 493 g/mol. The summed E-state index contributed by atoms with van der Waals surface area (Å²) in [5, 5.41) is 2.96. The van der Waals surface area contributed by atoms with Crippen LogP contribution in [0.1, 0.15) is 21.5 Å². The highest BCUT2D eigenvalue weighted by molar-refractivity contribution is 5.94. The highest BCUT2D eigenvalue weighted by Gasteiger charge is 2.23. The Bertz CT molecular complexity index is 1130. The first-order valence-corrected chi connectivity index (χ1v) is 12.1. The van der Waals surface area contributed by atoms with Crippen molar-refractivity contribution in [1.29, 1.82) is 0 Å². The average Bonchev–Trinajstić information content (AvgIpc) is 2.91. The fraction of sp³-hybridized carbons (Fsp3) is 0.286. The van der Waals surface area contributed by atoms with Crippen molar-refractivity contribution in [1.82, 2.24) is 20.0 Å². The van der Waals surface area contributed by atoms with Crippen molar-refractivity contribution in [2.45, 2.75) is 13.1 Å². The van der Waals surface area contributed by atoms with Crippen molar-refractivity contribution >= 4 is 11.9 Å². The fourth-order valence-electron chi connectivity index (χ4n) is 4.16. The van der Waals surface area contributed by atoms with Crippen LogP contribution in [-0.4, -0.2) is 65.9 Å². The maximum Gasteiger partial charge on any atom is 0.317 e. The zero-order valence-electron chi connectivity index (χ0n) is 20.1. The van der Waals surface area contributed by atoms with E-state index in [2.05, 4.69) is 10.2 Å². The first kappa shape index (κ1) is 25.3. The third-order valence-corrected chi connectivity index (χ3v) is 6.30. The lowest BCUT2D eigenvalue weighted by Crippen LogP contribution is -2.52. The Morgan fingerprint density at radius 1 is 0.778 bits per heavy atom. The van der Waals surface area contributed by atoms with Gasteiger partial charge in [-0.25, -0.2) is 13.6 Å². The van der Waals surface area contributed by atoms with Crippen LogP contribution in [0, 0.1) is 11.6 Å². The van der Waals surface area contributed by atoms with Gasteiger partial charge in [0.2, 0.25) is 0 Å². The first-order chi connectivity index (χ1) is 17.5. The van der Waals surface area contributed by atoms with Crippen LogP contribution in [0.4, 0.5) is 13.6 Å². The van der Waals surface area contributed by atoms with Crippen molar-refractivity contribution in [2.24, 2.45) is 0 Å². The number of amides is 3. The van der Waals surface area contributed by atoms with Gasteiger partial charge in [-0.2, -0.15) is 0 Å². The lowest BCUT2D eigenvalue weighted by atomic mass is 10.1. The standard InChI is InChI=1S/C28H30F2N4O2/c29-25-10-6-23(7-11-25)21-34(27(35)24-8-12-26(30)13-9-24)19-16-32-14-17-33(18-15-32)28(36)31-20-22-4-2-1-3-5-22/h1-13H,14-21H2,(H,31,36). The predicted molar refractivity (Wildman–Crippen MR) is 134 cm³/mol. The SMILES string of the molecule is O=C(NCc1ccccc1)N1CCN(CCN(Cc2ccc(F)cc2)C(=O)c2ccc(F)cc2)CC1. The minimum atomic E-state index is -0.401. The molecule has 6 nitrogen and oxygen atoms in total. The third-order valence-electron chi connectivity index (χ3n) is 6.30. The van der Waals surface area contributed by atoms with E-state index in [9.17, 15) is 18.4 Å². The van der Waals surface area contributed by atoms with Crippen LogP contribution in [0.3, 0.4) is 0 Å².